The Labute approximate surface area is 257 Å². The van der Waals surface area contributed by atoms with Crippen molar-refractivity contribution in [3.63, 3.8) is 0 Å². The first-order valence-corrected chi connectivity index (χ1v) is 15.7. The van der Waals surface area contributed by atoms with Gasteiger partial charge in [0, 0.05) is 23.7 Å². The van der Waals surface area contributed by atoms with Gasteiger partial charge in [-0.2, -0.15) is 0 Å². The second-order valence-electron chi connectivity index (χ2n) is 10.9. The molecule has 1 aliphatic rings. The summed E-state index contributed by atoms with van der Waals surface area (Å²) in [7, 11) is -3.88. The standard InChI is InChI=1S/C35H34N2O6S/c1-23-9-8-10-24(19-23)20-27-21-30(33(39)34(40)32(27)38)35(41)37-28-15-17-29(18-16-28)44(42,43)36-22-31(25-11-4-2-5-12-25)26-13-6-3-7-14-26/h2-18,21,23,31,36,38-40H,19-20,22H2,1H3,(H,37,41). The molecular weight excluding hydrogens is 576 g/mol. The summed E-state index contributed by atoms with van der Waals surface area (Å²) in [6.07, 6.45) is 6.98. The fraction of sp³-hybridized carbons (Fsp3) is 0.171. The minimum Gasteiger partial charge on any atom is -0.504 e. The van der Waals surface area contributed by atoms with Crippen molar-refractivity contribution in [2.45, 2.75) is 30.6 Å². The van der Waals surface area contributed by atoms with E-state index in [1.807, 2.05) is 72.8 Å². The number of amides is 1. The van der Waals surface area contributed by atoms with Gasteiger partial charge >= 0.3 is 0 Å². The zero-order valence-electron chi connectivity index (χ0n) is 24.1. The quantitative estimate of drug-likeness (QED) is 0.135. The maximum absolute atomic E-state index is 13.2. The van der Waals surface area contributed by atoms with Crippen LogP contribution < -0.4 is 10.0 Å². The molecule has 1 unspecified atom stereocenters. The normalized spacial score (nSPS) is 14.8. The van der Waals surface area contributed by atoms with Gasteiger partial charge in [-0.15, -0.1) is 0 Å². The van der Waals surface area contributed by atoms with Gasteiger partial charge in [0.05, 0.1) is 10.5 Å². The molecule has 0 spiro atoms. The second-order valence-corrected chi connectivity index (χ2v) is 12.7. The van der Waals surface area contributed by atoms with E-state index >= 15 is 0 Å². The molecule has 44 heavy (non-hydrogen) atoms. The second kappa shape index (κ2) is 13.2. The SMILES string of the molecule is CC1C=CC=C(Cc2cc(C(=O)Nc3ccc(S(=O)(=O)NCC(c4ccccc4)c4ccccc4)cc3)c(O)c(O)c2O)C1. The molecule has 4 aromatic carbocycles. The molecule has 0 saturated heterocycles. The van der Waals surface area contributed by atoms with E-state index < -0.39 is 33.2 Å². The maximum Gasteiger partial charge on any atom is 0.259 e. The molecule has 1 aliphatic carbocycles. The van der Waals surface area contributed by atoms with Gasteiger partial charge in [-0.25, -0.2) is 13.1 Å². The number of benzene rings is 4. The number of carbonyl (C=O) groups excluding carboxylic acids is 1. The molecule has 5 N–H and O–H groups in total. The predicted molar refractivity (Wildman–Crippen MR) is 170 cm³/mol. The van der Waals surface area contributed by atoms with Gasteiger partial charge in [0.2, 0.25) is 15.8 Å². The van der Waals surface area contributed by atoms with Crippen molar-refractivity contribution in [1.29, 1.82) is 0 Å². The molecule has 226 valence electrons. The van der Waals surface area contributed by atoms with E-state index in [0.717, 1.165) is 23.1 Å². The molecule has 8 nitrogen and oxygen atoms in total. The van der Waals surface area contributed by atoms with Crippen LogP contribution in [0.1, 0.15) is 46.3 Å². The third kappa shape index (κ3) is 7.02. The van der Waals surface area contributed by atoms with Crippen molar-refractivity contribution in [3.05, 3.63) is 137 Å². The van der Waals surface area contributed by atoms with Gasteiger partial charge in [0.25, 0.3) is 5.91 Å². The average molecular weight is 611 g/mol. The van der Waals surface area contributed by atoms with E-state index in [9.17, 15) is 28.5 Å². The smallest absolute Gasteiger partial charge is 0.259 e. The monoisotopic (exact) mass is 610 g/mol. The van der Waals surface area contributed by atoms with E-state index in [1.54, 1.807) is 0 Å². The Bertz CT molecular complexity index is 1760. The molecule has 4 aromatic rings. The molecule has 5 rings (SSSR count). The molecule has 0 aromatic heterocycles. The first-order valence-electron chi connectivity index (χ1n) is 14.3. The highest BCUT2D eigenvalue weighted by molar-refractivity contribution is 7.89. The fourth-order valence-electron chi connectivity index (χ4n) is 5.31. The summed E-state index contributed by atoms with van der Waals surface area (Å²) in [4.78, 5) is 13.1. The van der Waals surface area contributed by atoms with Gasteiger partial charge in [-0.3, -0.25) is 4.79 Å². The summed E-state index contributed by atoms with van der Waals surface area (Å²) in [5.74, 6) is -2.60. The van der Waals surface area contributed by atoms with Gasteiger partial charge in [-0.1, -0.05) is 91.4 Å². The van der Waals surface area contributed by atoms with Crippen molar-refractivity contribution < 1.29 is 28.5 Å². The van der Waals surface area contributed by atoms with Crippen LogP contribution in [-0.4, -0.2) is 36.2 Å². The van der Waals surface area contributed by atoms with E-state index in [1.165, 1.54) is 30.3 Å². The first-order chi connectivity index (χ1) is 21.1. The van der Waals surface area contributed by atoms with Crippen LogP contribution >= 0.6 is 0 Å². The molecule has 1 amide bonds. The molecule has 0 heterocycles. The summed E-state index contributed by atoms with van der Waals surface area (Å²) in [6, 6.07) is 26.3. The van der Waals surface area contributed by atoms with E-state index in [0.29, 0.717) is 17.9 Å². The zero-order valence-corrected chi connectivity index (χ0v) is 25.0. The molecule has 0 saturated carbocycles. The van der Waals surface area contributed by atoms with Crippen LogP contribution in [0.4, 0.5) is 5.69 Å². The number of rotatable bonds is 10. The molecule has 0 radical (unpaired) electrons. The van der Waals surface area contributed by atoms with Crippen molar-refractivity contribution in [3.8, 4) is 17.2 Å². The number of aromatic hydroxyl groups is 3. The largest absolute Gasteiger partial charge is 0.504 e. The summed E-state index contributed by atoms with van der Waals surface area (Å²) >= 11 is 0. The van der Waals surface area contributed by atoms with E-state index in [4.69, 9.17) is 0 Å². The summed E-state index contributed by atoms with van der Waals surface area (Å²) in [6.45, 7) is 2.21. The van der Waals surface area contributed by atoms with Crippen LogP contribution in [-0.2, 0) is 16.4 Å². The van der Waals surface area contributed by atoms with E-state index in [2.05, 4.69) is 23.0 Å². The minimum atomic E-state index is -3.88. The van der Waals surface area contributed by atoms with Crippen molar-refractivity contribution in [2.24, 2.45) is 5.92 Å². The molecule has 1 atom stereocenters. The maximum atomic E-state index is 13.2. The number of anilines is 1. The highest BCUT2D eigenvalue weighted by Gasteiger charge is 2.23. The highest BCUT2D eigenvalue weighted by Crippen LogP contribution is 2.42. The van der Waals surface area contributed by atoms with Crippen molar-refractivity contribution in [2.75, 3.05) is 11.9 Å². The number of allylic oxidation sites excluding steroid dienone is 4. The Balaban J connectivity index is 1.29. The lowest BCUT2D eigenvalue weighted by atomic mass is 9.90. The number of phenols is 3. The summed E-state index contributed by atoms with van der Waals surface area (Å²) < 4.78 is 29.1. The van der Waals surface area contributed by atoms with Crippen LogP contribution in [0, 0.1) is 5.92 Å². The van der Waals surface area contributed by atoms with Crippen molar-refractivity contribution >= 4 is 21.6 Å². The van der Waals surface area contributed by atoms with Crippen LogP contribution in [0.15, 0.2) is 120 Å². The van der Waals surface area contributed by atoms with Crippen LogP contribution in [0.25, 0.3) is 0 Å². The zero-order chi connectivity index (χ0) is 31.3. The van der Waals surface area contributed by atoms with Gasteiger partial charge in [0.1, 0.15) is 0 Å². The average Bonchev–Trinajstić information content (AvgIpc) is 3.02. The Morgan fingerprint density at radius 2 is 1.48 bits per heavy atom. The molecule has 0 fully saturated rings. The molecule has 0 bridgehead atoms. The number of hydrogen-bond donors (Lipinski definition) is 5. The third-order valence-electron chi connectivity index (χ3n) is 7.65. The van der Waals surface area contributed by atoms with Crippen LogP contribution in [0.2, 0.25) is 0 Å². The Kier molecular flexibility index (Phi) is 9.18. The predicted octanol–water partition coefficient (Wildman–Crippen LogP) is 6.23. The molecular formula is C35H34N2O6S. The molecule has 9 heteroatoms. The van der Waals surface area contributed by atoms with Crippen LogP contribution in [0.3, 0.4) is 0 Å². The number of sulfonamides is 1. The number of carbonyl (C=O) groups is 1. The molecule has 0 aliphatic heterocycles. The Morgan fingerprint density at radius 1 is 0.864 bits per heavy atom. The summed E-state index contributed by atoms with van der Waals surface area (Å²) in [5, 5.41) is 33.8. The lowest BCUT2D eigenvalue weighted by Crippen LogP contribution is -2.29. The minimum absolute atomic E-state index is 0.0202. The van der Waals surface area contributed by atoms with Gasteiger partial charge < -0.3 is 20.6 Å². The summed E-state index contributed by atoms with van der Waals surface area (Å²) in [5.41, 5.74) is 3.33. The number of phenolic OH excluding ortho intramolecular Hbond substituents is 3. The van der Waals surface area contributed by atoms with Crippen LogP contribution in [0.5, 0.6) is 17.2 Å². The Hall–Kier alpha value is -4.86. The lowest BCUT2D eigenvalue weighted by Gasteiger charge is -2.19. The van der Waals surface area contributed by atoms with Gasteiger partial charge in [0.15, 0.2) is 11.5 Å². The number of hydrogen-bond acceptors (Lipinski definition) is 6. The Morgan fingerprint density at radius 3 is 2.07 bits per heavy atom. The van der Waals surface area contributed by atoms with Crippen molar-refractivity contribution in [1.82, 2.24) is 4.72 Å². The first kappa shape index (κ1) is 30.6. The topological polar surface area (TPSA) is 136 Å². The number of nitrogens with one attached hydrogen (secondary N) is 2. The highest BCUT2D eigenvalue weighted by atomic mass is 32.2. The third-order valence-corrected chi connectivity index (χ3v) is 9.09. The fourth-order valence-corrected chi connectivity index (χ4v) is 6.36. The van der Waals surface area contributed by atoms with Gasteiger partial charge in [-0.05, 0) is 60.2 Å². The van der Waals surface area contributed by atoms with E-state index in [-0.39, 0.29) is 28.6 Å². The lowest BCUT2D eigenvalue weighted by molar-refractivity contribution is 0.102.